The lowest BCUT2D eigenvalue weighted by atomic mass is 9.73. The average Bonchev–Trinajstić information content (AvgIpc) is 2.58. The number of hydrogen-bond acceptors (Lipinski definition) is 6. The van der Waals surface area contributed by atoms with Gasteiger partial charge in [-0.25, -0.2) is 0 Å². The van der Waals surface area contributed by atoms with Gasteiger partial charge in [0.05, 0.1) is 11.7 Å². The highest BCUT2D eigenvalue weighted by Gasteiger charge is 2.42. The Hall–Kier alpha value is -2.83. The molecular weight excluding hydrogens is 336 g/mol. The Balaban J connectivity index is 1.92. The molecule has 0 radical (unpaired) electrons. The summed E-state index contributed by atoms with van der Waals surface area (Å²) in [4.78, 5) is 37.4. The van der Waals surface area contributed by atoms with Crippen molar-refractivity contribution in [2.75, 3.05) is 0 Å². The fraction of sp³-hybridized carbons (Fsp3) is 0.250. The number of carbonyl (C=O) groups excluding carboxylic acids is 3. The Kier molecular flexibility index (Phi) is 3.41. The zero-order chi connectivity index (χ0) is 18.8. The summed E-state index contributed by atoms with van der Waals surface area (Å²) < 4.78 is 0. The first-order valence-electron chi connectivity index (χ1n) is 8.22. The number of phenols is 1. The summed E-state index contributed by atoms with van der Waals surface area (Å²) in [6, 6.07) is 7.21. The van der Waals surface area contributed by atoms with E-state index in [4.69, 9.17) is 0 Å². The summed E-state index contributed by atoms with van der Waals surface area (Å²) in [5.74, 6) is -1.65. The molecule has 0 saturated carbocycles. The fourth-order valence-corrected chi connectivity index (χ4v) is 3.83. The quantitative estimate of drug-likeness (QED) is 0.611. The SMILES string of the molecule is CC(=O)C1(O)Cc2cc3c(cc2C(O)C1)C(=O)c1cccc(O)c1C3=O. The Morgan fingerprint density at radius 3 is 2.50 bits per heavy atom. The molecule has 0 heterocycles. The summed E-state index contributed by atoms with van der Waals surface area (Å²) in [7, 11) is 0. The molecule has 2 aliphatic carbocycles. The van der Waals surface area contributed by atoms with E-state index >= 15 is 0 Å². The second kappa shape index (κ2) is 5.33. The van der Waals surface area contributed by atoms with Gasteiger partial charge in [0.25, 0.3) is 0 Å². The molecule has 0 aliphatic heterocycles. The highest BCUT2D eigenvalue weighted by molar-refractivity contribution is 6.29. The predicted octanol–water partition coefficient (Wildman–Crippen LogP) is 1.47. The van der Waals surface area contributed by atoms with Crippen LogP contribution in [0, 0.1) is 0 Å². The van der Waals surface area contributed by atoms with E-state index in [1.807, 2.05) is 0 Å². The zero-order valence-electron chi connectivity index (χ0n) is 13.9. The topological polar surface area (TPSA) is 112 Å². The van der Waals surface area contributed by atoms with E-state index < -0.39 is 29.1 Å². The summed E-state index contributed by atoms with van der Waals surface area (Å²) in [6.45, 7) is 1.25. The van der Waals surface area contributed by atoms with Crippen LogP contribution in [0.5, 0.6) is 5.75 Å². The molecule has 0 fully saturated rings. The van der Waals surface area contributed by atoms with Gasteiger partial charge in [-0.15, -0.1) is 0 Å². The molecule has 6 nitrogen and oxygen atoms in total. The van der Waals surface area contributed by atoms with Crippen molar-refractivity contribution >= 4 is 17.3 Å². The number of fused-ring (bicyclic) bond motifs is 3. The van der Waals surface area contributed by atoms with Crippen LogP contribution in [0.4, 0.5) is 0 Å². The lowest BCUT2D eigenvalue weighted by Gasteiger charge is -2.35. The van der Waals surface area contributed by atoms with Crippen molar-refractivity contribution in [2.45, 2.75) is 31.5 Å². The van der Waals surface area contributed by atoms with E-state index in [9.17, 15) is 29.7 Å². The first-order chi connectivity index (χ1) is 12.2. The van der Waals surface area contributed by atoms with Gasteiger partial charge < -0.3 is 15.3 Å². The van der Waals surface area contributed by atoms with E-state index in [1.54, 1.807) is 0 Å². The van der Waals surface area contributed by atoms with Gasteiger partial charge in [0.1, 0.15) is 11.4 Å². The number of benzene rings is 2. The van der Waals surface area contributed by atoms with E-state index in [1.165, 1.54) is 37.3 Å². The van der Waals surface area contributed by atoms with Gasteiger partial charge in [0.2, 0.25) is 0 Å². The van der Waals surface area contributed by atoms with Gasteiger partial charge in [-0.3, -0.25) is 14.4 Å². The zero-order valence-corrected chi connectivity index (χ0v) is 13.9. The Bertz CT molecular complexity index is 1010. The molecular formula is C20H16O6. The molecule has 0 bridgehead atoms. The van der Waals surface area contributed by atoms with Crippen molar-refractivity contribution in [2.24, 2.45) is 0 Å². The van der Waals surface area contributed by atoms with Crippen LogP contribution in [-0.2, 0) is 11.2 Å². The van der Waals surface area contributed by atoms with Crippen molar-refractivity contribution < 1.29 is 29.7 Å². The number of hydrogen-bond donors (Lipinski definition) is 3. The largest absolute Gasteiger partial charge is 0.507 e. The first kappa shape index (κ1) is 16.6. The third-order valence-corrected chi connectivity index (χ3v) is 5.31. The van der Waals surface area contributed by atoms with Gasteiger partial charge in [-0.2, -0.15) is 0 Å². The normalized spacial score (nSPS) is 23.9. The molecule has 0 saturated heterocycles. The maximum absolute atomic E-state index is 12.8. The smallest absolute Gasteiger partial charge is 0.198 e. The monoisotopic (exact) mass is 352 g/mol. The maximum Gasteiger partial charge on any atom is 0.198 e. The Labute approximate surface area is 148 Å². The number of Topliss-reactive ketones (excluding diaryl/α,β-unsaturated/α-hetero) is 1. The number of aliphatic hydroxyl groups is 2. The minimum Gasteiger partial charge on any atom is -0.507 e. The van der Waals surface area contributed by atoms with Gasteiger partial charge >= 0.3 is 0 Å². The van der Waals surface area contributed by atoms with Gasteiger partial charge in [0.15, 0.2) is 17.3 Å². The second-order valence-electron chi connectivity index (χ2n) is 6.94. The molecule has 2 unspecified atom stereocenters. The van der Waals surface area contributed by atoms with Crippen molar-refractivity contribution in [3.05, 3.63) is 63.7 Å². The first-order valence-corrected chi connectivity index (χ1v) is 8.22. The number of ketones is 3. The highest BCUT2D eigenvalue weighted by atomic mass is 16.3. The van der Waals surface area contributed by atoms with E-state index in [0.29, 0.717) is 11.1 Å². The molecule has 3 N–H and O–H groups in total. The molecule has 2 aromatic carbocycles. The molecule has 6 heteroatoms. The molecule has 2 atom stereocenters. The van der Waals surface area contributed by atoms with Crippen LogP contribution < -0.4 is 0 Å². The Morgan fingerprint density at radius 2 is 1.81 bits per heavy atom. The third-order valence-electron chi connectivity index (χ3n) is 5.31. The van der Waals surface area contributed by atoms with Crippen molar-refractivity contribution in [3.8, 4) is 5.75 Å². The maximum atomic E-state index is 12.8. The molecule has 4 rings (SSSR count). The summed E-state index contributed by atoms with van der Waals surface area (Å²) in [6.07, 6.45) is -1.32. The highest BCUT2D eigenvalue weighted by Crippen LogP contribution is 2.40. The number of phenolic OH excluding ortho intramolecular Hbond substituents is 1. The van der Waals surface area contributed by atoms with E-state index in [-0.39, 0.29) is 40.8 Å². The standard InChI is InChI=1S/C20H16O6/c1-9(21)20(26)7-10-5-13-14(6-12(10)16(23)8-20)18(24)11-3-2-4-15(22)17(11)19(13)25/h2-6,16,22-23,26H,7-8H2,1H3. The van der Waals surface area contributed by atoms with Crippen LogP contribution in [0.2, 0.25) is 0 Å². The van der Waals surface area contributed by atoms with Crippen molar-refractivity contribution in [1.29, 1.82) is 0 Å². The second-order valence-corrected chi connectivity index (χ2v) is 6.94. The van der Waals surface area contributed by atoms with Crippen molar-refractivity contribution in [3.63, 3.8) is 0 Å². The number of aromatic hydroxyl groups is 1. The van der Waals surface area contributed by atoms with Crippen LogP contribution in [0.1, 0.15) is 62.4 Å². The van der Waals surface area contributed by atoms with Gasteiger partial charge in [0, 0.05) is 29.5 Å². The van der Waals surface area contributed by atoms with Crippen LogP contribution >= 0.6 is 0 Å². The predicted molar refractivity (Wildman–Crippen MR) is 90.3 cm³/mol. The van der Waals surface area contributed by atoms with E-state index in [2.05, 4.69) is 0 Å². The third kappa shape index (κ3) is 2.16. The molecule has 0 amide bonds. The Morgan fingerprint density at radius 1 is 1.12 bits per heavy atom. The number of aliphatic hydroxyl groups excluding tert-OH is 1. The van der Waals surface area contributed by atoms with Crippen LogP contribution in [0.25, 0.3) is 0 Å². The van der Waals surface area contributed by atoms with E-state index in [0.717, 1.165) is 0 Å². The van der Waals surface area contributed by atoms with Crippen LogP contribution in [0.3, 0.4) is 0 Å². The molecule has 2 aromatic rings. The van der Waals surface area contributed by atoms with Gasteiger partial charge in [-0.1, -0.05) is 12.1 Å². The number of carbonyl (C=O) groups is 3. The van der Waals surface area contributed by atoms with Crippen LogP contribution in [0.15, 0.2) is 30.3 Å². The molecule has 0 spiro atoms. The minimum absolute atomic E-state index is 0.0445. The lowest BCUT2D eigenvalue weighted by Crippen LogP contribution is -2.44. The minimum atomic E-state index is -1.71. The molecule has 26 heavy (non-hydrogen) atoms. The van der Waals surface area contributed by atoms with Crippen LogP contribution in [-0.4, -0.2) is 38.3 Å². The van der Waals surface area contributed by atoms with Gasteiger partial charge in [-0.05, 0) is 36.2 Å². The molecule has 132 valence electrons. The number of rotatable bonds is 1. The average molecular weight is 352 g/mol. The lowest BCUT2D eigenvalue weighted by molar-refractivity contribution is -0.139. The fourth-order valence-electron chi connectivity index (χ4n) is 3.83. The molecule has 0 aromatic heterocycles. The van der Waals surface area contributed by atoms with Crippen molar-refractivity contribution in [1.82, 2.24) is 0 Å². The molecule has 2 aliphatic rings. The summed E-state index contributed by atoms with van der Waals surface area (Å²) >= 11 is 0. The summed E-state index contributed by atoms with van der Waals surface area (Å²) in [5, 5.41) is 30.9. The summed E-state index contributed by atoms with van der Waals surface area (Å²) in [5.41, 5.74) is -0.514.